The molecule has 0 radical (unpaired) electrons. The molecule has 1 saturated carbocycles. The zero-order valence-electron chi connectivity index (χ0n) is 15.4. The first-order valence-corrected chi connectivity index (χ1v) is 10.2. The van der Waals surface area contributed by atoms with E-state index < -0.39 is 10.0 Å². The molecule has 1 aromatic rings. The highest BCUT2D eigenvalue weighted by Crippen LogP contribution is 2.35. The van der Waals surface area contributed by atoms with Gasteiger partial charge in [0.25, 0.3) is 0 Å². The molecule has 0 heterocycles. The van der Waals surface area contributed by atoms with Crippen molar-refractivity contribution in [1.82, 2.24) is 9.62 Å². The van der Waals surface area contributed by atoms with E-state index in [1.165, 1.54) is 11.4 Å². The van der Waals surface area contributed by atoms with Crippen LogP contribution in [0.2, 0.25) is 0 Å². The molecule has 0 bridgehead atoms. The maximum absolute atomic E-state index is 12.4. The Hall–Kier alpha value is -1.93. The molecule has 1 aliphatic rings. The van der Waals surface area contributed by atoms with Crippen molar-refractivity contribution >= 4 is 21.9 Å². The van der Waals surface area contributed by atoms with Crippen LogP contribution in [0.4, 0.5) is 0 Å². The molecule has 1 fully saturated rings. The van der Waals surface area contributed by atoms with Crippen molar-refractivity contribution in [3.63, 3.8) is 0 Å². The van der Waals surface area contributed by atoms with Crippen LogP contribution in [0.15, 0.2) is 29.2 Å². The first-order chi connectivity index (χ1) is 12.3. The minimum Gasteiger partial charge on any atom is -0.469 e. The van der Waals surface area contributed by atoms with Crippen LogP contribution in [-0.2, 0) is 30.9 Å². The molecule has 0 saturated heterocycles. The molecule has 0 aliphatic heterocycles. The molecular formula is C18H26N2O5S. The maximum atomic E-state index is 12.4. The van der Waals surface area contributed by atoms with Crippen molar-refractivity contribution in [2.75, 3.05) is 20.2 Å². The van der Waals surface area contributed by atoms with Crippen LogP contribution >= 0.6 is 0 Å². The molecule has 0 aromatic heterocycles. The van der Waals surface area contributed by atoms with Gasteiger partial charge in [0.2, 0.25) is 15.9 Å². The van der Waals surface area contributed by atoms with Crippen LogP contribution in [0.3, 0.4) is 0 Å². The Morgan fingerprint density at radius 2 is 1.69 bits per heavy atom. The lowest BCUT2D eigenvalue weighted by Crippen LogP contribution is -2.44. The Balaban J connectivity index is 1.96. The van der Waals surface area contributed by atoms with Gasteiger partial charge >= 0.3 is 5.97 Å². The average Bonchev–Trinajstić information content (AvgIpc) is 2.60. The smallest absolute Gasteiger partial charge is 0.309 e. The predicted octanol–water partition coefficient (Wildman–Crippen LogP) is 1.53. The van der Waals surface area contributed by atoms with Crippen LogP contribution < -0.4 is 5.32 Å². The summed E-state index contributed by atoms with van der Waals surface area (Å²) in [5, 5.41) is 2.81. The van der Waals surface area contributed by atoms with E-state index in [2.05, 4.69) is 5.32 Å². The number of hydrogen-bond donors (Lipinski definition) is 1. The Morgan fingerprint density at radius 1 is 1.12 bits per heavy atom. The van der Waals surface area contributed by atoms with Gasteiger partial charge in [0, 0.05) is 19.6 Å². The Labute approximate surface area is 154 Å². The highest BCUT2D eigenvalue weighted by atomic mass is 32.2. The third-order valence-electron chi connectivity index (χ3n) is 4.85. The van der Waals surface area contributed by atoms with E-state index in [9.17, 15) is 18.0 Å². The molecule has 2 atom stereocenters. The van der Waals surface area contributed by atoms with Gasteiger partial charge in [-0.15, -0.1) is 0 Å². The number of ether oxygens (including phenoxy) is 1. The summed E-state index contributed by atoms with van der Waals surface area (Å²) in [6.45, 7) is 4.72. The van der Waals surface area contributed by atoms with E-state index >= 15 is 0 Å². The summed E-state index contributed by atoms with van der Waals surface area (Å²) in [6.07, 6.45) is 1.34. The number of nitrogens with zero attached hydrogens (tertiary/aromatic N) is 1. The average molecular weight is 382 g/mol. The van der Waals surface area contributed by atoms with Gasteiger partial charge in [-0.3, -0.25) is 9.59 Å². The monoisotopic (exact) mass is 382 g/mol. The molecule has 0 unspecified atom stereocenters. The third-order valence-corrected chi connectivity index (χ3v) is 6.91. The van der Waals surface area contributed by atoms with Crippen LogP contribution in [0, 0.1) is 11.8 Å². The largest absolute Gasteiger partial charge is 0.469 e. The highest BCUT2D eigenvalue weighted by molar-refractivity contribution is 7.89. The number of sulfonamides is 1. The van der Waals surface area contributed by atoms with Crippen LogP contribution in [-0.4, -0.2) is 44.8 Å². The van der Waals surface area contributed by atoms with Gasteiger partial charge < -0.3 is 10.1 Å². The normalized spacial score (nSPS) is 19.7. The number of esters is 1. The van der Waals surface area contributed by atoms with E-state index in [1.807, 2.05) is 0 Å². The van der Waals surface area contributed by atoms with E-state index in [-0.39, 0.29) is 35.2 Å². The van der Waals surface area contributed by atoms with Crippen molar-refractivity contribution in [3.8, 4) is 0 Å². The molecule has 7 nitrogen and oxygen atoms in total. The zero-order chi connectivity index (χ0) is 19.3. The van der Waals surface area contributed by atoms with E-state index in [4.69, 9.17) is 4.74 Å². The molecule has 8 heteroatoms. The number of methoxy groups -OCH3 is 1. The molecule has 26 heavy (non-hydrogen) atoms. The van der Waals surface area contributed by atoms with Gasteiger partial charge in [-0.05, 0) is 30.5 Å². The molecule has 144 valence electrons. The van der Waals surface area contributed by atoms with Crippen molar-refractivity contribution in [3.05, 3.63) is 29.8 Å². The van der Waals surface area contributed by atoms with E-state index in [0.29, 0.717) is 25.9 Å². The topological polar surface area (TPSA) is 92.8 Å². The molecule has 0 spiro atoms. The minimum atomic E-state index is -3.48. The molecule has 1 N–H and O–H groups in total. The summed E-state index contributed by atoms with van der Waals surface area (Å²) in [4.78, 5) is 24.0. The predicted molar refractivity (Wildman–Crippen MR) is 96.6 cm³/mol. The summed E-state index contributed by atoms with van der Waals surface area (Å²) in [6, 6.07) is 6.48. The quantitative estimate of drug-likeness (QED) is 0.689. The molecule has 1 aromatic carbocycles. The number of carbonyl (C=O) groups is 2. The van der Waals surface area contributed by atoms with Gasteiger partial charge in [-0.1, -0.05) is 26.0 Å². The number of carbonyl (C=O) groups excluding carboxylic acids is 2. The second kappa shape index (κ2) is 8.64. The lowest BCUT2D eigenvalue weighted by atomic mass is 9.73. The van der Waals surface area contributed by atoms with Gasteiger partial charge in [-0.2, -0.15) is 4.31 Å². The summed E-state index contributed by atoms with van der Waals surface area (Å²) < 4.78 is 31.0. The van der Waals surface area contributed by atoms with Gasteiger partial charge in [0.15, 0.2) is 0 Å². The van der Waals surface area contributed by atoms with Crippen LogP contribution in [0.1, 0.15) is 32.3 Å². The van der Waals surface area contributed by atoms with E-state index in [1.54, 1.807) is 38.1 Å². The first kappa shape index (κ1) is 20.4. The first-order valence-electron chi connectivity index (χ1n) is 8.79. The third kappa shape index (κ3) is 4.24. The standard InChI is InChI=1S/C18H26N2O5S/c1-4-20(5-2)26(23,24)14-8-6-13(7-9-14)12-19-17(21)15-10-11-16(15)18(22)25-3/h6-9,15-16H,4-5,10-12H2,1-3H3,(H,19,21)/t15-,16+/m1/s1. The van der Waals surface area contributed by atoms with E-state index in [0.717, 1.165) is 5.56 Å². The lowest BCUT2D eigenvalue weighted by molar-refractivity contribution is -0.155. The number of rotatable bonds is 8. The Morgan fingerprint density at radius 3 is 2.15 bits per heavy atom. The van der Waals surface area contributed by atoms with Gasteiger partial charge in [0.1, 0.15) is 0 Å². The van der Waals surface area contributed by atoms with Crippen molar-refractivity contribution in [2.45, 2.75) is 38.1 Å². The maximum Gasteiger partial charge on any atom is 0.309 e. The molecule has 2 rings (SSSR count). The van der Waals surface area contributed by atoms with Crippen LogP contribution in [0.5, 0.6) is 0 Å². The summed E-state index contributed by atoms with van der Waals surface area (Å²) in [5.74, 6) is -1.22. The van der Waals surface area contributed by atoms with Gasteiger partial charge in [0.05, 0.1) is 23.8 Å². The SMILES string of the molecule is CCN(CC)S(=O)(=O)c1ccc(CNC(=O)[C@@H]2CC[C@@H]2C(=O)OC)cc1. The fourth-order valence-corrected chi connectivity index (χ4v) is 4.52. The Kier molecular flexibility index (Phi) is 6.77. The Bertz CT molecular complexity index is 741. The summed E-state index contributed by atoms with van der Waals surface area (Å²) in [7, 11) is -2.16. The lowest BCUT2D eigenvalue weighted by Gasteiger charge is -2.32. The van der Waals surface area contributed by atoms with Crippen molar-refractivity contribution in [2.24, 2.45) is 11.8 Å². The number of nitrogens with one attached hydrogen (secondary N) is 1. The number of amides is 1. The second-order valence-electron chi connectivity index (χ2n) is 6.26. The fourth-order valence-electron chi connectivity index (χ4n) is 3.06. The summed E-state index contributed by atoms with van der Waals surface area (Å²) >= 11 is 0. The van der Waals surface area contributed by atoms with Gasteiger partial charge in [-0.25, -0.2) is 8.42 Å². The van der Waals surface area contributed by atoms with Crippen LogP contribution in [0.25, 0.3) is 0 Å². The molecular weight excluding hydrogens is 356 g/mol. The van der Waals surface area contributed by atoms with Crippen molar-refractivity contribution in [1.29, 1.82) is 0 Å². The fraction of sp³-hybridized carbons (Fsp3) is 0.556. The second-order valence-corrected chi connectivity index (χ2v) is 8.20. The van der Waals surface area contributed by atoms with Crippen molar-refractivity contribution < 1.29 is 22.7 Å². The zero-order valence-corrected chi connectivity index (χ0v) is 16.2. The number of benzene rings is 1. The number of hydrogen-bond acceptors (Lipinski definition) is 5. The highest BCUT2D eigenvalue weighted by Gasteiger charge is 2.41. The summed E-state index contributed by atoms with van der Waals surface area (Å²) in [5.41, 5.74) is 0.797. The minimum absolute atomic E-state index is 0.175. The molecule has 1 aliphatic carbocycles. The molecule has 1 amide bonds.